The fraction of sp³-hybridized carbons (Fsp3) is 1.00. The van der Waals surface area contributed by atoms with Gasteiger partial charge in [-0.2, -0.15) is 0 Å². The minimum Gasteiger partial charge on any atom is -0.315 e. The van der Waals surface area contributed by atoms with Crippen LogP contribution in [0.3, 0.4) is 0 Å². The molecule has 0 aliphatic heterocycles. The van der Waals surface area contributed by atoms with E-state index in [-0.39, 0.29) is 0 Å². The van der Waals surface area contributed by atoms with Crippen LogP contribution >= 0.6 is 0 Å². The van der Waals surface area contributed by atoms with E-state index >= 15 is 0 Å². The zero-order chi connectivity index (χ0) is 12.1. The van der Waals surface area contributed by atoms with Crippen molar-refractivity contribution in [2.75, 3.05) is 20.1 Å². The molecule has 0 aromatic carbocycles. The summed E-state index contributed by atoms with van der Waals surface area (Å²) < 4.78 is 0. The Morgan fingerprint density at radius 1 is 1.19 bits per heavy atom. The molecule has 3 unspecified atom stereocenters. The second-order valence-electron chi connectivity index (χ2n) is 5.50. The summed E-state index contributed by atoms with van der Waals surface area (Å²) in [7, 11) is 2.12. The van der Waals surface area contributed by atoms with E-state index < -0.39 is 0 Å². The zero-order valence-electron chi connectivity index (χ0n) is 11.8. The van der Waals surface area contributed by atoms with E-state index in [1.165, 1.54) is 32.4 Å². The zero-order valence-corrected chi connectivity index (χ0v) is 11.8. The fourth-order valence-electron chi connectivity index (χ4n) is 3.22. The number of rotatable bonds is 5. The lowest BCUT2D eigenvalue weighted by molar-refractivity contribution is 0.0939. The van der Waals surface area contributed by atoms with Gasteiger partial charge in [-0.15, -0.1) is 0 Å². The van der Waals surface area contributed by atoms with Gasteiger partial charge >= 0.3 is 0 Å². The third-order valence-corrected chi connectivity index (χ3v) is 4.45. The van der Waals surface area contributed by atoms with Crippen molar-refractivity contribution < 1.29 is 0 Å². The van der Waals surface area contributed by atoms with Crippen LogP contribution in [-0.2, 0) is 0 Å². The summed E-state index contributed by atoms with van der Waals surface area (Å²) in [5.74, 6) is 1.77. The molecule has 2 heteroatoms. The van der Waals surface area contributed by atoms with Crippen molar-refractivity contribution in [3.63, 3.8) is 0 Å². The Hall–Kier alpha value is -0.0800. The molecular weight excluding hydrogens is 196 g/mol. The van der Waals surface area contributed by atoms with Crippen LogP contribution in [0.5, 0.6) is 0 Å². The van der Waals surface area contributed by atoms with E-state index in [1.54, 1.807) is 0 Å². The smallest absolute Gasteiger partial charge is 0.0251 e. The fourth-order valence-corrected chi connectivity index (χ4v) is 3.22. The van der Waals surface area contributed by atoms with E-state index in [0.29, 0.717) is 6.04 Å². The largest absolute Gasteiger partial charge is 0.315 e. The molecule has 16 heavy (non-hydrogen) atoms. The van der Waals surface area contributed by atoms with Crippen molar-refractivity contribution in [3.8, 4) is 0 Å². The van der Waals surface area contributed by atoms with Crippen molar-refractivity contribution >= 4 is 0 Å². The molecular formula is C14H30N2. The molecule has 0 aromatic heterocycles. The summed E-state index contributed by atoms with van der Waals surface area (Å²) >= 11 is 0. The second-order valence-corrected chi connectivity index (χ2v) is 5.50. The SMILES string of the molecule is CCN(CC)C1CC(C(C)C)CCC1NC. The minimum absolute atomic E-state index is 0.704. The molecule has 1 aliphatic rings. The lowest BCUT2D eigenvalue weighted by Gasteiger charge is -2.43. The molecule has 0 aromatic rings. The summed E-state index contributed by atoms with van der Waals surface area (Å²) in [4.78, 5) is 2.63. The van der Waals surface area contributed by atoms with Crippen LogP contribution < -0.4 is 5.32 Å². The molecule has 0 spiro atoms. The topological polar surface area (TPSA) is 15.3 Å². The van der Waals surface area contributed by atoms with E-state index in [9.17, 15) is 0 Å². The molecule has 1 aliphatic carbocycles. The highest BCUT2D eigenvalue weighted by Gasteiger charge is 2.33. The average Bonchev–Trinajstić information content (AvgIpc) is 2.30. The maximum Gasteiger partial charge on any atom is 0.0251 e. The van der Waals surface area contributed by atoms with E-state index in [2.05, 4.69) is 45.0 Å². The molecule has 1 N–H and O–H groups in total. The van der Waals surface area contributed by atoms with Crippen LogP contribution in [0.15, 0.2) is 0 Å². The molecule has 96 valence electrons. The summed E-state index contributed by atoms with van der Waals surface area (Å²) in [6, 6.07) is 1.45. The first-order valence-electron chi connectivity index (χ1n) is 7.05. The molecule has 0 bridgehead atoms. The van der Waals surface area contributed by atoms with Gasteiger partial charge in [0.05, 0.1) is 0 Å². The van der Waals surface area contributed by atoms with Gasteiger partial charge in [0.25, 0.3) is 0 Å². The predicted octanol–water partition coefficient (Wildman–Crippen LogP) is 2.74. The summed E-state index contributed by atoms with van der Waals surface area (Å²) in [5, 5.41) is 3.52. The Bertz CT molecular complexity index is 180. The molecule has 0 radical (unpaired) electrons. The maximum absolute atomic E-state index is 3.52. The monoisotopic (exact) mass is 226 g/mol. The van der Waals surface area contributed by atoms with Crippen LogP contribution in [0.1, 0.15) is 47.0 Å². The van der Waals surface area contributed by atoms with Crippen LogP contribution in [0.2, 0.25) is 0 Å². The highest BCUT2D eigenvalue weighted by atomic mass is 15.2. The van der Waals surface area contributed by atoms with Gasteiger partial charge < -0.3 is 5.32 Å². The van der Waals surface area contributed by atoms with Gasteiger partial charge in [0.1, 0.15) is 0 Å². The number of nitrogens with zero attached hydrogens (tertiary/aromatic N) is 1. The van der Waals surface area contributed by atoms with Gasteiger partial charge in [-0.05, 0) is 51.2 Å². The number of nitrogens with one attached hydrogen (secondary N) is 1. The van der Waals surface area contributed by atoms with Crippen molar-refractivity contribution in [1.29, 1.82) is 0 Å². The van der Waals surface area contributed by atoms with Crippen LogP contribution in [0.4, 0.5) is 0 Å². The Labute approximate surface area is 102 Å². The normalized spacial score (nSPS) is 31.3. The maximum atomic E-state index is 3.52. The minimum atomic E-state index is 0.704. The van der Waals surface area contributed by atoms with Crippen LogP contribution in [0, 0.1) is 11.8 Å². The lowest BCUT2D eigenvalue weighted by atomic mass is 9.76. The second kappa shape index (κ2) is 6.61. The van der Waals surface area contributed by atoms with Crippen molar-refractivity contribution in [2.24, 2.45) is 11.8 Å². The Morgan fingerprint density at radius 3 is 2.25 bits per heavy atom. The standard InChI is InChI=1S/C14H30N2/c1-6-16(7-2)14-10-12(11(3)4)8-9-13(14)15-5/h11-15H,6-10H2,1-5H3. The highest BCUT2D eigenvalue weighted by Crippen LogP contribution is 2.32. The first-order valence-corrected chi connectivity index (χ1v) is 7.05. The van der Waals surface area contributed by atoms with E-state index in [1.807, 2.05) is 0 Å². The van der Waals surface area contributed by atoms with E-state index in [0.717, 1.165) is 17.9 Å². The molecule has 3 atom stereocenters. The molecule has 1 rings (SSSR count). The quantitative estimate of drug-likeness (QED) is 0.775. The van der Waals surface area contributed by atoms with Crippen molar-refractivity contribution in [3.05, 3.63) is 0 Å². The summed E-state index contributed by atoms with van der Waals surface area (Å²) in [5.41, 5.74) is 0. The predicted molar refractivity (Wildman–Crippen MR) is 71.7 cm³/mol. The molecule has 1 saturated carbocycles. The Kier molecular flexibility index (Phi) is 5.77. The van der Waals surface area contributed by atoms with Gasteiger partial charge in [-0.1, -0.05) is 27.7 Å². The van der Waals surface area contributed by atoms with Gasteiger partial charge in [0.2, 0.25) is 0 Å². The van der Waals surface area contributed by atoms with Gasteiger partial charge in [0.15, 0.2) is 0 Å². The molecule has 0 saturated heterocycles. The third-order valence-electron chi connectivity index (χ3n) is 4.45. The number of hydrogen-bond acceptors (Lipinski definition) is 2. The highest BCUT2D eigenvalue weighted by molar-refractivity contribution is 4.90. The van der Waals surface area contributed by atoms with Crippen molar-refractivity contribution in [1.82, 2.24) is 10.2 Å². The van der Waals surface area contributed by atoms with Gasteiger partial charge in [-0.25, -0.2) is 0 Å². The van der Waals surface area contributed by atoms with Gasteiger partial charge in [0, 0.05) is 12.1 Å². The van der Waals surface area contributed by atoms with Crippen molar-refractivity contribution in [2.45, 2.75) is 59.0 Å². The molecule has 0 amide bonds. The summed E-state index contributed by atoms with van der Waals surface area (Å²) in [6.45, 7) is 11.7. The Balaban J connectivity index is 2.66. The summed E-state index contributed by atoms with van der Waals surface area (Å²) in [6.07, 6.45) is 4.13. The van der Waals surface area contributed by atoms with Crippen LogP contribution in [0.25, 0.3) is 0 Å². The number of hydrogen-bond donors (Lipinski definition) is 1. The number of likely N-dealkylation sites (N-methyl/N-ethyl adjacent to an activating group) is 2. The molecule has 1 fully saturated rings. The Morgan fingerprint density at radius 2 is 1.81 bits per heavy atom. The first-order chi connectivity index (χ1) is 7.63. The lowest BCUT2D eigenvalue weighted by Crippen LogP contribution is -2.52. The molecule has 2 nitrogen and oxygen atoms in total. The van der Waals surface area contributed by atoms with E-state index in [4.69, 9.17) is 0 Å². The average molecular weight is 226 g/mol. The molecule has 0 heterocycles. The third kappa shape index (κ3) is 3.21. The van der Waals surface area contributed by atoms with Gasteiger partial charge in [-0.3, -0.25) is 4.90 Å². The van der Waals surface area contributed by atoms with Crippen LogP contribution in [-0.4, -0.2) is 37.1 Å². The first kappa shape index (κ1) is 14.0.